The van der Waals surface area contributed by atoms with Crippen LogP contribution in [0.4, 0.5) is 0 Å². The number of furan rings is 1. The molecular formula is C18H20N2O3. The van der Waals surface area contributed by atoms with E-state index in [1.807, 2.05) is 18.2 Å². The molecule has 2 N–H and O–H groups in total. The topological polar surface area (TPSA) is 71.3 Å². The van der Waals surface area contributed by atoms with E-state index < -0.39 is 0 Å². The molecular weight excluding hydrogens is 292 g/mol. The van der Waals surface area contributed by atoms with Crippen molar-refractivity contribution < 1.29 is 14.0 Å². The Morgan fingerprint density at radius 1 is 1.09 bits per heavy atom. The van der Waals surface area contributed by atoms with E-state index in [-0.39, 0.29) is 36.1 Å². The second-order valence-electron chi connectivity index (χ2n) is 5.83. The van der Waals surface area contributed by atoms with Gasteiger partial charge in [-0.05, 0) is 37.0 Å². The van der Waals surface area contributed by atoms with Gasteiger partial charge in [0.25, 0.3) is 5.91 Å². The number of carbonyl (C=O) groups is 2. The maximum atomic E-state index is 12.2. The van der Waals surface area contributed by atoms with Crippen molar-refractivity contribution in [1.29, 1.82) is 0 Å². The van der Waals surface area contributed by atoms with Gasteiger partial charge in [0.15, 0.2) is 5.76 Å². The van der Waals surface area contributed by atoms with Crippen molar-refractivity contribution in [2.75, 3.05) is 6.54 Å². The van der Waals surface area contributed by atoms with Gasteiger partial charge in [-0.25, -0.2) is 0 Å². The van der Waals surface area contributed by atoms with E-state index in [0.717, 1.165) is 24.8 Å². The lowest BCUT2D eigenvalue weighted by Crippen LogP contribution is -2.51. The zero-order valence-corrected chi connectivity index (χ0v) is 12.9. The molecule has 0 saturated heterocycles. The molecule has 1 aromatic heterocycles. The van der Waals surface area contributed by atoms with E-state index in [1.165, 1.54) is 6.26 Å². The third-order valence-corrected chi connectivity index (χ3v) is 4.29. The summed E-state index contributed by atoms with van der Waals surface area (Å²) < 4.78 is 5.01. The largest absolute Gasteiger partial charge is 0.459 e. The lowest BCUT2D eigenvalue weighted by molar-refractivity contribution is -0.124. The van der Waals surface area contributed by atoms with Gasteiger partial charge in [0.05, 0.1) is 11.8 Å². The SMILES string of the molecule is O=C(CCNC(=O)c1ccco1)NC1(c2ccccc2)CCC1. The number of rotatable bonds is 6. The fourth-order valence-electron chi connectivity index (χ4n) is 2.89. The Bertz CT molecular complexity index is 661. The predicted octanol–water partition coefficient (Wildman–Crippen LogP) is 2.60. The van der Waals surface area contributed by atoms with Crippen LogP contribution in [0.1, 0.15) is 41.8 Å². The zero-order chi connectivity index (χ0) is 16.1. The zero-order valence-electron chi connectivity index (χ0n) is 12.9. The van der Waals surface area contributed by atoms with E-state index in [2.05, 4.69) is 22.8 Å². The third-order valence-electron chi connectivity index (χ3n) is 4.29. The normalized spacial score (nSPS) is 15.5. The van der Waals surface area contributed by atoms with Crippen LogP contribution in [0.25, 0.3) is 0 Å². The Morgan fingerprint density at radius 3 is 2.48 bits per heavy atom. The summed E-state index contributed by atoms with van der Waals surface area (Å²) in [5.41, 5.74) is 0.919. The van der Waals surface area contributed by atoms with Crippen LogP contribution < -0.4 is 10.6 Å². The van der Waals surface area contributed by atoms with E-state index >= 15 is 0 Å². The van der Waals surface area contributed by atoms with E-state index in [1.54, 1.807) is 12.1 Å². The van der Waals surface area contributed by atoms with Gasteiger partial charge in [-0.15, -0.1) is 0 Å². The summed E-state index contributed by atoms with van der Waals surface area (Å²) in [5.74, 6) is -0.0947. The summed E-state index contributed by atoms with van der Waals surface area (Å²) in [5, 5.41) is 5.83. The highest BCUT2D eigenvalue weighted by Gasteiger charge is 2.39. The van der Waals surface area contributed by atoms with Crippen LogP contribution in [0, 0.1) is 0 Å². The van der Waals surface area contributed by atoms with Gasteiger partial charge in [-0.1, -0.05) is 30.3 Å². The van der Waals surface area contributed by atoms with Crippen LogP contribution in [-0.2, 0) is 10.3 Å². The van der Waals surface area contributed by atoms with Gasteiger partial charge in [0, 0.05) is 13.0 Å². The average Bonchev–Trinajstić information content (AvgIpc) is 3.06. The first-order chi connectivity index (χ1) is 11.2. The highest BCUT2D eigenvalue weighted by atomic mass is 16.3. The molecule has 120 valence electrons. The standard InChI is InChI=1S/C18H20N2O3/c21-16(9-12-19-17(22)15-8-4-13-23-15)20-18(10-5-11-18)14-6-2-1-3-7-14/h1-4,6-8,13H,5,9-12H2,(H,19,22)(H,20,21). The quantitative estimate of drug-likeness (QED) is 0.861. The second-order valence-corrected chi connectivity index (χ2v) is 5.83. The molecule has 1 fully saturated rings. The van der Waals surface area contributed by atoms with E-state index in [0.29, 0.717) is 0 Å². The van der Waals surface area contributed by atoms with Gasteiger partial charge in [-0.2, -0.15) is 0 Å². The van der Waals surface area contributed by atoms with E-state index in [9.17, 15) is 9.59 Å². The fourth-order valence-corrected chi connectivity index (χ4v) is 2.89. The van der Waals surface area contributed by atoms with Gasteiger partial charge in [-0.3, -0.25) is 9.59 Å². The monoisotopic (exact) mass is 312 g/mol. The van der Waals surface area contributed by atoms with Crippen LogP contribution in [0.2, 0.25) is 0 Å². The van der Waals surface area contributed by atoms with E-state index in [4.69, 9.17) is 4.42 Å². The molecule has 2 amide bonds. The summed E-state index contributed by atoms with van der Waals surface area (Å²) in [6, 6.07) is 13.3. The Hall–Kier alpha value is -2.56. The van der Waals surface area contributed by atoms with Crippen LogP contribution in [-0.4, -0.2) is 18.4 Å². The maximum absolute atomic E-state index is 12.2. The second kappa shape index (κ2) is 6.69. The first-order valence-electron chi connectivity index (χ1n) is 7.88. The van der Waals surface area contributed by atoms with Crippen LogP contribution >= 0.6 is 0 Å². The molecule has 1 aliphatic rings. The molecule has 0 unspecified atom stereocenters. The molecule has 1 aliphatic carbocycles. The van der Waals surface area contributed by atoms with Gasteiger partial charge in [0.2, 0.25) is 5.91 Å². The molecule has 0 atom stereocenters. The fraction of sp³-hybridized carbons (Fsp3) is 0.333. The Balaban J connectivity index is 1.50. The molecule has 0 bridgehead atoms. The van der Waals surface area contributed by atoms with Gasteiger partial charge in [0.1, 0.15) is 0 Å². The minimum Gasteiger partial charge on any atom is -0.459 e. The molecule has 23 heavy (non-hydrogen) atoms. The van der Waals surface area contributed by atoms with Crippen molar-refractivity contribution in [3.05, 3.63) is 60.1 Å². The third kappa shape index (κ3) is 3.44. The van der Waals surface area contributed by atoms with Crippen molar-refractivity contribution in [1.82, 2.24) is 10.6 Å². The molecule has 0 radical (unpaired) electrons. The molecule has 1 heterocycles. The average molecular weight is 312 g/mol. The first kappa shape index (κ1) is 15.3. The molecule has 0 spiro atoms. The summed E-state index contributed by atoms with van der Waals surface area (Å²) in [6.45, 7) is 0.288. The van der Waals surface area contributed by atoms with Crippen molar-refractivity contribution >= 4 is 11.8 Å². The van der Waals surface area contributed by atoms with Crippen LogP contribution in [0.3, 0.4) is 0 Å². The number of hydrogen-bond donors (Lipinski definition) is 2. The van der Waals surface area contributed by atoms with Crippen molar-refractivity contribution in [2.45, 2.75) is 31.2 Å². The molecule has 0 aliphatic heterocycles. The number of amides is 2. The highest BCUT2D eigenvalue weighted by molar-refractivity contribution is 5.91. The molecule has 5 heteroatoms. The van der Waals surface area contributed by atoms with Crippen LogP contribution in [0.15, 0.2) is 53.1 Å². The molecule has 1 saturated carbocycles. The van der Waals surface area contributed by atoms with Crippen molar-refractivity contribution in [3.63, 3.8) is 0 Å². The summed E-state index contributed by atoms with van der Waals surface area (Å²) >= 11 is 0. The summed E-state index contributed by atoms with van der Waals surface area (Å²) in [7, 11) is 0. The molecule has 1 aromatic carbocycles. The smallest absolute Gasteiger partial charge is 0.286 e. The molecule has 5 nitrogen and oxygen atoms in total. The summed E-state index contributed by atoms with van der Waals surface area (Å²) in [4.78, 5) is 23.9. The van der Waals surface area contributed by atoms with Crippen LogP contribution in [0.5, 0.6) is 0 Å². The molecule has 3 rings (SSSR count). The lowest BCUT2D eigenvalue weighted by atomic mass is 9.71. The number of nitrogens with one attached hydrogen (secondary N) is 2. The Morgan fingerprint density at radius 2 is 1.87 bits per heavy atom. The van der Waals surface area contributed by atoms with Crippen molar-refractivity contribution in [3.8, 4) is 0 Å². The minimum atomic E-state index is -0.302. The highest BCUT2D eigenvalue weighted by Crippen LogP contribution is 2.41. The number of hydrogen-bond acceptors (Lipinski definition) is 3. The van der Waals surface area contributed by atoms with Gasteiger partial charge < -0.3 is 15.1 Å². The summed E-state index contributed by atoms with van der Waals surface area (Å²) in [6.07, 6.45) is 4.73. The predicted molar refractivity (Wildman–Crippen MR) is 85.8 cm³/mol. The number of benzene rings is 1. The Kier molecular flexibility index (Phi) is 4.46. The number of carbonyl (C=O) groups excluding carboxylic acids is 2. The van der Waals surface area contributed by atoms with Gasteiger partial charge >= 0.3 is 0 Å². The minimum absolute atomic E-state index is 0.0479. The lowest BCUT2D eigenvalue weighted by Gasteiger charge is -2.43. The first-order valence-corrected chi connectivity index (χ1v) is 7.88. The molecule has 2 aromatic rings. The maximum Gasteiger partial charge on any atom is 0.286 e. The van der Waals surface area contributed by atoms with Crippen molar-refractivity contribution in [2.24, 2.45) is 0 Å². The Labute approximate surface area is 135 Å².